The molecule has 16 heavy (non-hydrogen) atoms. The molecular weight excluding hydrogens is 243 g/mol. The third-order valence-electron chi connectivity index (χ3n) is 3.27. The first-order valence-corrected chi connectivity index (χ1v) is 6.31. The second-order valence-corrected chi connectivity index (χ2v) is 6.19. The molecule has 88 valence electrons. The fourth-order valence-electron chi connectivity index (χ4n) is 1.97. The van der Waals surface area contributed by atoms with Crippen molar-refractivity contribution in [3.63, 3.8) is 0 Å². The Kier molecular flexibility index (Phi) is 2.92. The van der Waals surface area contributed by atoms with E-state index >= 15 is 0 Å². The van der Waals surface area contributed by atoms with Crippen LogP contribution >= 0.6 is 23.2 Å². The van der Waals surface area contributed by atoms with Crippen LogP contribution in [-0.2, 0) is 0 Å². The highest BCUT2D eigenvalue weighted by Gasteiger charge is 2.48. The van der Waals surface area contributed by atoms with Gasteiger partial charge in [0.2, 0.25) is 0 Å². The van der Waals surface area contributed by atoms with Crippen molar-refractivity contribution in [1.82, 2.24) is 9.97 Å². The summed E-state index contributed by atoms with van der Waals surface area (Å²) in [6.07, 6.45) is 1.11. The molecule has 1 saturated carbocycles. The predicted molar refractivity (Wildman–Crippen MR) is 67.3 cm³/mol. The Morgan fingerprint density at radius 3 is 1.94 bits per heavy atom. The van der Waals surface area contributed by atoms with Crippen molar-refractivity contribution in [2.45, 2.75) is 46.0 Å². The number of halogens is 2. The second-order valence-electron chi connectivity index (χ2n) is 5.48. The maximum atomic E-state index is 6.16. The molecule has 1 unspecified atom stereocenters. The summed E-state index contributed by atoms with van der Waals surface area (Å²) < 4.78 is 0. The van der Waals surface area contributed by atoms with Gasteiger partial charge in [-0.15, -0.1) is 0 Å². The highest BCUT2D eigenvalue weighted by molar-refractivity contribution is 6.34. The van der Waals surface area contributed by atoms with Crippen molar-refractivity contribution in [3.05, 3.63) is 21.7 Å². The molecule has 2 rings (SSSR count). The van der Waals surface area contributed by atoms with Gasteiger partial charge in [0, 0.05) is 11.5 Å². The maximum Gasteiger partial charge on any atom is 0.137 e. The van der Waals surface area contributed by atoms with Crippen molar-refractivity contribution in [2.24, 2.45) is 5.41 Å². The molecule has 0 bridgehead atoms. The first kappa shape index (κ1) is 12.1. The third-order valence-corrected chi connectivity index (χ3v) is 3.85. The van der Waals surface area contributed by atoms with Crippen LogP contribution in [0, 0.1) is 5.41 Å². The first-order valence-electron chi connectivity index (χ1n) is 5.55. The van der Waals surface area contributed by atoms with Gasteiger partial charge < -0.3 is 0 Å². The lowest BCUT2D eigenvalue weighted by Crippen LogP contribution is -2.03. The van der Waals surface area contributed by atoms with E-state index in [0.29, 0.717) is 21.6 Å². The molecule has 1 aromatic heterocycles. The Labute approximate surface area is 106 Å². The quantitative estimate of drug-likeness (QED) is 0.734. The van der Waals surface area contributed by atoms with Crippen LogP contribution in [0.5, 0.6) is 0 Å². The molecule has 0 N–H and O–H groups in total. The number of nitrogens with zero attached hydrogens (tertiary/aromatic N) is 2. The van der Waals surface area contributed by atoms with Crippen molar-refractivity contribution in [2.75, 3.05) is 0 Å². The van der Waals surface area contributed by atoms with Crippen molar-refractivity contribution >= 4 is 23.2 Å². The Balaban J connectivity index is 2.39. The smallest absolute Gasteiger partial charge is 0.137 e. The van der Waals surface area contributed by atoms with Gasteiger partial charge in [0.05, 0.1) is 0 Å². The molecule has 0 aliphatic heterocycles. The average molecular weight is 259 g/mol. The van der Waals surface area contributed by atoms with Gasteiger partial charge in [-0.05, 0) is 17.8 Å². The van der Waals surface area contributed by atoms with Crippen LogP contribution in [-0.4, -0.2) is 9.97 Å². The van der Waals surface area contributed by atoms with E-state index in [9.17, 15) is 0 Å². The molecular formula is C12H16Cl2N2. The van der Waals surface area contributed by atoms with Gasteiger partial charge in [0.1, 0.15) is 16.1 Å². The molecule has 1 fully saturated rings. The van der Waals surface area contributed by atoms with Gasteiger partial charge in [-0.3, -0.25) is 0 Å². The standard InChI is InChI=1S/C12H16Cl2N2/c1-6(2)8-9(13)15-11(16-10(8)14)7-5-12(7,3)4/h6-7H,5H2,1-4H3. The Morgan fingerprint density at radius 1 is 1.19 bits per heavy atom. The van der Waals surface area contributed by atoms with E-state index in [-0.39, 0.29) is 5.92 Å². The average Bonchev–Trinajstić information content (AvgIpc) is 2.73. The maximum absolute atomic E-state index is 6.16. The van der Waals surface area contributed by atoms with E-state index in [2.05, 4.69) is 23.8 Å². The van der Waals surface area contributed by atoms with Gasteiger partial charge in [0.25, 0.3) is 0 Å². The topological polar surface area (TPSA) is 25.8 Å². The lowest BCUT2D eigenvalue weighted by molar-refractivity contribution is 0.607. The molecule has 0 saturated heterocycles. The summed E-state index contributed by atoms with van der Waals surface area (Å²) in [7, 11) is 0. The SMILES string of the molecule is CC(C)c1c(Cl)nc(C2CC2(C)C)nc1Cl. The van der Waals surface area contributed by atoms with Crippen LogP contribution in [0.15, 0.2) is 0 Å². The Bertz CT molecular complexity index is 404. The summed E-state index contributed by atoms with van der Waals surface area (Å²) in [6, 6.07) is 0. The normalized spacial score (nSPS) is 22.6. The fraction of sp³-hybridized carbons (Fsp3) is 0.667. The van der Waals surface area contributed by atoms with Crippen molar-refractivity contribution in [3.8, 4) is 0 Å². The fourth-order valence-corrected chi connectivity index (χ4v) is 2.81. The number of aromatic nitrogens is 2. The van der Waals surface area contributed by atoms with Gasteiger partial charge in [-0.2, -0.15) is 0 Å². The lowest BCUT2D eigenvalue weighted by Gasteiger charge is -2.11. The molecule has 0 spiro atoms. The molecule has 0 amide bonds. The molecule has 1 heterocycles. The Hall–Kier alpha value is -0.340. The summed E-state index contributed by atoms with van der Waals surface area (Å²) >= 11 is 12.3. The van der Waals surface area contributed by atoms with E-state index in [1.54, 1.807) is 0 Å². The zero-order valence-corrected chi connectivity index (χ0v) is 11.5. The van der Waals surface area contributed by atoms with Crippen molar-refractivity contribution in [1.29, 1.82) is 0 Å². The molecule has 1 aliphatic carbocycles. The van der Waals surface area contributed by atoms with E-state index in [1.165, 1.54) is 0 Å². The second kappa shape index (κ2) is 3.85. The molecule has 0 radical (unpaired) electrons. The summed E-state index contributed by atoms with van der Waals surface area (Å²) in [5, 5.41) is 1.01. The summed E-state index contributed by atoms with van der Waals surface area (Å²) in [5.41, 5.74) is 1.15. The lowest BCUT2D eigenvalue weighted by atomic mass is 10.1. The van der Waals surface area contributed by atoms with Crippen LogP contribution in [0.2, 0.25) is 10.3 Å². The van der Waals surface area contributed by atoms with E-state index < -0.39 is 0 Å². The van der Waals surface area contributed by atoms with Crippen LogP contribution in [0.3, 0.4) is 0 Å². The molecule has 1 aliphatic rings. The largest absolute Gasteiger partial charge is 0.220 e. The summed E-state index contributed by atoms with van der Waals surface area (Å²) in [6.45, 7) is 8.49. The third kappa shape index (κ3) is 2.05. The number of rotatable bonds is 2. The van der Waals surface area contributed by atoms with Gasteiger partial charge in [0.15, 0.2) is 0 Å². The van der Waals surface area contributed by atoms with Crippen molar-refractivity contribution < 1.29 is 0 Å². The predicted octanol–water partition coefficient (Wildman–Crippen LogP) is 4.42. The van der Waals surface area contributed by atoms with E-state index in [4.69, 9.17) is 23.2 Å². The monoisotopic (exact) mass is 258 g/mol. The number of hydrogen-bond acceptors (Lipinski definition) is 2. The minimum atomic E-state index is 0.251. The Morgan fingerprint density at radius 2 is 1.62 bits per heavy atom. The van der Waals surface area contributed by atoms with Gasteiger partial charge in [-0.25, -0.2) is 9.97 Å². The van der Waals surface area contributed by atoms with Crippen LogP contribution in [0.1, 0.15) is 57.3 Å². The van der Waals surface area contributed by atoms with Crippen LogP contribution in [0.4, 0.5) is 0 Å². The highest BCUT2D eigenvalue weighted by Crippen LogP contribution is 2.57. The highest BCUT2D eigenvalue weighted by atomic mass is 35.5. The minimum Gasteiger partial charge on any atom is -0.220 e. The van der Waals surface area contributed by atoms with Gasteiger partial charge in [-0.1, -0.05) is 50.9 Å². The number of hydrogen-bond donors (Lipinski definition) is 0. The van der Waals surface area contributed by atoms with Crippen LogP contribution < -0.4 is 0 Å². The summed E-state index contributed by atoms with van der Waals surface area (Å²) in [4.78, 5) is 8.77. The molecule has 2 nitrogen and oxygen atoms in total. The van der Waals surface area contributed by atoms with Gasteiger partial charge >= 0.3 is 0 Å². The summed E-state index contributed by atoms with van der Waals surface area (Å²) in [5.74, 6) is 1.45. The minimum absolute atomic E-state index is 0.251. The molecule has 4 heteroatoms. The first-order chi connectivity index (χ1) is 7.33. The zero-order valence-electron chi connectivity index (χ0n) is 10.0. The van der Waals surface area contributed by atoms with E-state index in [0.717, 1.165) is 17.8 Å². The zero-order chi connectivity index (χ0) is 12.1. The molecule has 0 aromatic carbocycles. The molecule has 1 aromatic rings. The molecule has 1 atom stereocenters. The van der Waals surface area contributed by atoms with E-state index in [1.807, 2.05) is 13.8 Å². The van der Waals surface area contributed by atoms with Crippen LogP contribution in [0.25, 0.3) is 0 Å².